The van der Waals surface area contributed by atoms with E-state index in [1.165, 1.54) is 0 Å². The first-order chi connectivity index (χ1) is 21.9. The Kier molecular flexibility index (Phi) is 10.5. The number of carbonyl (C=O) groups is 3. The molecule has 5 N–H and O–H groups in total. The van der Waals surface area contributed by atoms with Gasteiger partial charge in [0.25, 0.3) is 0 Å². The number of rotatable bonds is 14. The van der Waals surface area contributed by atoms with Crippen LogP contribution in [0.5, 0.6) is 0 Å². The molecule has 2 amide bonds. The largest absolute Gasteiger partial charge is 0.480 e. The van der Waals surface area contributed by atoms with Crippen LogP contribution in [0.1, 0.15) is 24.5 Å². The number of aliphatic carboxylic acids is 1. The number of nitrogens with zero attached hydrogens (tertiary/aromatic N) is 2. The number of carbonyl (C=O) groups excluding carboxylic acids is 2. The number of hydrogen-bond acceptors (Lipinski definition) is 8. The Balaban J connectivity index is 1.14. The Labute approximate surface area is 261 Å². The van der Waals surface area contributed by atoms with Crippen LogP contribution in [0.25, 0.3) is 10.9 Å². The van der Waals surface area contributed by atoms with E-state index in [2.05, 4.69) is 25.9 Å². The van der Waals surface area contributed by atoms with Gasteiger partial charge >= 0.3 is 12.1 Å². The average Bonchev–Trinajstić information content (AvgIpc) is 3.65. The first-order valence-electron chi connectivity index (χ1n) is 15.0. The molecule has 1 aliphatic heterocycles. The third-order valence-corrected chi connectivity index (χ3v) is 7.74. The van der Waals surface area contributed by atoms with Gasteiger partial charge < -0.3 is 40.4 Å². The van der Waals surface area contributed by atoms with Crippen molar-refractivity contribution in [2.24, 2.45) is 0 Å². The van der Waals surface area contributed by atoms with Crippen molar-refractivity contribution in [3.05, 3.63) is 90.1 Å². The zero-order valence-corrected chi connectivity index (χ0v) is 25.1. The van der Waals surface area contributed by atoms with Crippen molar-refractivity contribution < 1.29 is 29.0 Å². The molecule has 2 aromatic heterocycles. The van der Waals surface area contributed by atoms with E-state index >= 15 is 0 Å². The number of anilines is 2. The van der Waals surface area contributed by atoms with Gasteiger partial charge in [-0.3, -0.25) is 4.79 Å². The number of para-hydroxylation sites is 1. The lowest BCUT2D eigenvalue weighted by Crippen LogP contribution is -2.43. The molecule has 0 aliphatic carbocycles. The molecule has 236 valence electrons. The standard InChI is InChI=1S/C33H38N6O6/c1-2-25-26-12-6-7-13-27(26)37-31(25)38-28(32(41)42)18-36-30(40)21-44-24-16-23(17-35-29-14-8-9-15-34-29)39(19-24)33(43)45-20-22-10-4-3-5-11-22/h3-15,23-24,28,37-38H,2,16-21H2,1H3,(H,34,35)(H,36,40)(H,41,42). The van der Waals surface area contributed by atoms with Gasteiger partial charge in [-0.15, -0.1) is 0 Å². The Morgan fingerprint density at radius 1 is 1.07 bits per heavy atom. The molecule has 3 heterocycles. The Morgan fingerprint density at radius 2 is 1.84 bits per heavy atom. The van der Waals surface area contributed by atoms with Gasteiger partial charge in [-0.25, -0.2) is 14.6 Å². The summed E-state index contributed by atoms with van der Waals surface area (Å²) in [5.74, 6) is -0.254. The summed E-state index contributed by atoms with van der Waals surface area (Å²) in [6.07, 6.45) is 1.98. The molecule has 12 nitrogen and oxygen atoms in total. The quantitative estimate of drug-likeness (QED) is 0.142. The van der Waals surface area contributed by atoms with Crippen molar-refractivity contribution in [2.75, 3.05) is 36.9 Å². The number of carboxylic acids is 1. The summed E-state index contributed by atoms with van der Waals surface area (Å²) < 4.78 is 11.5. The van der Waals surface area contributed by atoms with Gasteiger partial charge in [0.2, 0.25) is 5.91 Å². The molecule has 45 heavy (non-hydrogen) atoms. The molecule has 2 aromatic carbocycles. The summed E-state index contributed by atoms with van der Waals surface area (Å²) >= 11 is 0. The number of amides is 2. The number of H-pyrrole nitrogens is 1. The van der Waals surface area contributed by atoms with Crippen LogP contribution in [0.3, 0.4) is 0 Å². The second kappa shape index (κ2) is 15.1. The van der Waals surface area contributed by atoms with Gasteiger partial charge in [0.1, 0.15) is 30.9 Å². The van der Waals surface area contributed by atoms with E-state index in [1.807, 2.05) is 79.7 Å². The third-order valence-electron chi connectivity index (χ3n) is 7.74. The molecule has 12 heteroatoms. The Bertz CT molecular complexity index is 1580. The number of pyridine rings is 1. The van der Waals surface area contributed by atoms with Crippen molar-refractivity contribution >= 4 is 40.5 Å². The Morgan fingerprint density at radius 3 is 2.60 bits per heavy atom. The number of likely N-dealkylation sites (tertiary alicyclic amines) is 1. The summed E-state index contributed by atoms with van der Waals surface area (Å²) in [6.45, 7) is 2.38. The molecule has 0 saturated carbocycles. The minimum absolute atomic E-state index is 0.140. The van der Waals surface area contributed by atoms with Crippen molar-refractivity contribution in [3.63, 3.8) is 0 Å². The molecule has 0 radical (unpaired) electrons. The highest BCUT2D eigenvalue weighted by Crippen LogP contribution is 2.27. The summed E-state index contributed by atoms with van der Waals surface area (Å²) in [7, 11) is 0. The van der Waals surface area contributed by atoms with E-state index in [0.717, 1.165) is 22.0 Å². The molecular weight excluding hydrogens is 576 g/mol. The lowest BCUT2D eigenvalue weighted by atomic mass is 10.1. The maximum absolute atomic E-state index is 13.1. The average molecular weight is 615 g/mol. The van der Waals surface area contributed by atoms with Gasteiger partial charge in [0, 0.05) is 35.8 Å². The number of ether oxygens (including phenoxy) is 2. The molecule has 1 saturated heterocycles. The highest BCUT2D eigenvalue weighted by atomic mass is 16.6. The number of fused-ring (bicyclic) bond motifs is 1. The number of carboxylic acid groups (broad SMARTS) is 1. The molecule has 1 fully saturated rings. The number of hydrogen-bond donors (Lipinski definition) is 5. The summed E-state index contributed by atoms with van der Waals surface area (Å²) in [6, 6.07) is 21.4. The van der Waals surface area contributed by atoms with Crippen LogP contribution < -0.4 is 16.0 Å². The monoisotopic (exact) mass is 614 g/mol. The first-order valence-corrected chi connectivity index (χ1v) is 15.0. The second-order valence-corrected chi connectivity index (χ2v) is 10.8. The van der Waals surface area contributed by atoms with E-state index in [1.54, 1.807) is 11.1 Å². The minimum Gasteiger partial charge on any atom is -0.480 e. The molecule has 0 bridgehead atoms. The summed E-state index contributed by atoms with van der Waals surface area (Å²) in [5.41, 5.74) is 2.76. The highest BCUT2D eigenvalue weighted by molar-refractivity contribution is 5.90. The van der Waals surface area contributed by atoms with Crippen LogP contribution >= 0.6 is 0 Å². The Hall–Kier alpha value is -5.10. The molecule has 3 atom stereocenters. The molecule has 5 rings (SSSR count). The topological polar surface area (TPSA) is 158 Å². The van der Waals surface area contributed by atoms with Crippen LogP contribution in [-0.2, 0) is 32.1 Å². The molecule has 1 aliphatic rings. The number of nitrogens with one attached hydrogen (secondary N) is 4. The van der Waals surface area contributed by atoms with E-state index in [9.17, 15) is 19.5 Å². The minimum atomic E-state index is -1.10. The van der Waals surface area contributed by atoms with E-state index in [-0.39, 0.29) is 32.3 Å². The lowest BCUT2D eigenvalue weighted by Gasteiger charge is -2.24. The number of aromatic nitrogens is 2. The van der Waals surface area contributed by atoms with Crippen LogP contribution in [-0.4, -0.2) is 82.4 Å². The van der Waals surface area contributed by atoms with Crippen LogP contribution in [0.2, 0.25) is 0 Å². The van der Waals surface area contributed by atoms with Crippen LogP contribution in [0, 0.1) is 0 Å². The SMILES string of the molecule is CCc1c(NC(CNC(=O)COC2CC(CNc3ccccn3)N(C(=O)OCc3ccccc3)C2)C(=O)O)[nH]c2ccccc12. The number of aryl methyl sites for hydroxylation is 1. The summed E-state index contributed by atoms with van der Waals surface area (Å²) in [4.78, 5) is 47.0. The van der Waals surface area contributed by atoms with Gasteiger partial charge in [0.15, 0.2) is 0 Å². The normalized spacial score (nSPS) is 16.7. The molecular formula is C33H38N6O6. The number of aromatic amines is 1. The van der Waals surface area contributed by atoms with Crippen molar-refractivity contribution in [1.82, 2.24) is 20.2 Å². The molecule has 0 spiro atoms. The van der Waals surface area contributed by atoms with Gasteiger partial charge in [0.05, 0.1) is 18.7 Å². The molecule has 3 unspecified atom stereocenters. The van der Waals surface area contributed by atoms with Crippen molar-refractivity contribution in [1.29, 1.82) is 0 Å². The molecule has 4 aromatic rings. The van der Waals surface area contributed by atoms with Crippen molar-refractivity contribution in [3.8, 4) is 0 Å². The van der Waals surface area contributed by atoms with Crippen molar-refractivity contribution in [2.45, 2.75) is 44.6 Å². The van der Waals surface area contributed by atoms with E-state index in [4.69, 9.17) is 9.47 Å². The van der Waals surface area contributed by atoms with E-state index < -0.39 is 30.1 Å². The first kappa shape index (κ1) is 31.3. The van der Waals surface area contributed by atoms with Crippen LogP contribution in [0.15, 0.2) is 79.0 Å². The third kappa shape index (κ3) is 8.30. The maximum Gasteiger partial charge on any atom is 0.410 e. The predicted molar refractivity (Wildman–Crippen MR) is 170 cm³/mol. The zero-order valence-electron chi connectivity index (χ0n) is 25.1. The van der Waals surface area contributed by atoms with Gasteiger partial charge in [-0.2, -0.15) is 0 Å². The zero-order chi connectivity index (χ0) is 31.6. The number of benzene rings is 2. The maximum atomic E-state index is 13.1. The van der Waals surface area contributed by atoms with Gasteiger partial charge in [-0.1, -0.05) is 61.5 Å². The highest BCUT2D eigenvalue weighted by Gasteiger charge is 2.37. The predicted octanol–water partition coefficient (Wildman–Crippen LogP) is 4.02. The van der Waals surface area contributed by atoms with Gasteiger partial charge in [-0.05, 0) is 36.6 Å². The second-order valence-electron chi connectivity index (χ2n) is 10.8. The lowest BCUT2D eigenvalue weighted by molar-refractivity contribution is -0.138. The fourth-order valence-corrected chi connectivity index (χ4v) is 5.43. The fourth-order valence-electron chi connectivity index (χ4n) is 5.43. The van der Waals surface area contributed by atoms with Crippen LogP contribution in [0.4, 0.5) is 16.4 Å². The van der Waals surface area contributed by atoms with E-state index in [0.29, 0.717) is 31.0 Å². The fraction of sp³-hybridized carbons (Fsp3) is 0.333. The summed E-state index contributed by atoms with van der Waals surface area (Å²) in [5, 5.41) is 19.8. The smallest absolute Gasteiger partial charge is 0.410 e.